The summed E-state index contributed by atoms with van der Waals surface area (Å²) in [6.45, 7) is 10.7. The van der Waals surface area contributed by atoms with Gasteiger partial charge in [0.05, 0.1) is 68.2 Å². The minimum atomic E-state index is -4.71. The number of benzene rings is 8. The van der Waals surface area contributed by atoms with Gasteiger partial charge in [0.1, 0.15) is 0 Å². The van der Waals surface area contributed by atoms with Crippen molar-refractivity contribution in [2.75, 3.05) is 55.6 Å². The maximum absolute atomic E-state index is 14.1. The Kier molecular flexibility index (Phi) is 16.8. The third kappa shape index (κ3) is 13.6. The summed E-state index contributed by atoms with van der Waals surface area (Å²) in [7, 11) is 0. The summed E-state index contributed by atoms with van der Waals surface area (Å²) in [6, 6.07) is 45.1. The first-order valence-electron chi connectivity index (χ1n) is 29.9. The zero-order chi connectivity index (χ0) is 65.8. The van der Waals surface area contributed by atoms with Crippen LogP contribution in [0.1, 0.15) is 113 Å². The molecule has 12 rings (SSSR count). The van der Waals surface area contributed by atoms with Crippen LogP contribution in [0.5, 0.6) is 0 Å². The lowest BCUT2D eigenvalue weighted by Crippen LogP contribution is -2.43. The van der Waals surface area contributed by atoms with Crippen LogP contribution in [0.4, 0.5) is 56.6 Å². The molecule has 10 nitrogen and oxygen atoms in total. The van der Waals surface area contributed by atoms with Gasteiger partial charge in [-0.05, 0) is 171 Å². The normalized spacial score (nSPS) is 15.7. The van der Waals surface area contributed by atoms with Crippen LogP contribution < -0.4 is 16.0 Å². The number of hydrogen-bond acceptors (Lipinski definition) is 7. The largest absolute Gasteiger partial charge is 0.416 e. The second-order valence-corrected chi connectivity index (χ2v) is 25.1. The molecule has 1 aromatic heterocycles. The Hall–Kier alpha value is -9.43. The standard InChI is InChI=1S/C74H61F9N4O6/c1-43-62(35-61(36-84-43)87-67(89)50-11-7-14-56(29-50)73(78,79)80)65-33-54(70(3)39-92-40-70)21-19-48(65)26-47-20-22-60(86-66(88)49-10-6-13-55(28-49)72(75,76)77)34-64(47)52-24-44(25-58(30-52)71(4)41-93-42-71)23-46-17-18-51(68(90)85-59-16-8-15-57(32-59)74(81,82)83)31-63(46)45-9-5-12-53(27-45)69(2)37-91-38-69/h5-22,24-25,27-36H,23,26,37-42H2,1-4H3,(H,85,90)(H,86,88)(H,87,89). The summed E-state index contributed by atoms with van der Waals surface area (Å²) in [4.78, 5) is 46.4. The van der Waals surface area contributed by atoms with Crippen LogP contribution in [0, 0.1) is 6.92 Å². The number of amides is 3. The average Bonchev–Trinajstić information content (AvgIpc) is 0.798. The highest BCUT2D eigenvalue weighted by Gasteiger charge is 2.39. The third-order valence-corrected chi connectivity index (χ3v) is 17.7. The van der Waals surface area contributed by atoms with Gasteiger partial charge in [0, 0.05) is 55.6 Å². The van der Waals surface area contributed by atoms with E-state index in [0.29, 0.717) is 67.6 Å². The van der Waals surface area contributed by atoms with Crippen molar-refractivity contribution in [3.8, 4) is 33.4 Å². The molecular weight excluding hydrogens is 1210 g/mol. The van der Waals surface area contributed by atoms with Crippen molar-refractivity contribution in [3.63, 3.8) is 0 Å². The van der Waals surface area contributed by atoms with Crippen LogP contribution in [0.15, 0.2) is 182 Å². The van der Waals surface area contributed by atoms with Crippen LogP contribution in [-0.2, 0) is 61.8 Å². The van der Waals surface area contributed by atoms with Crippen molar-refractivity contribution in [3.05, 3.63) is 260 Å². The van der Waals surface area contributed by atoms with Gasteiger partial charge in [0.25, 0.3) is 17.7 Å². The predicted octanol–water partition coefficient (Wildman–Crippen LogP) is 17.2. The fourth-order valence-electron chi connectivity index (χ4n) is 12.0. The minimum absolute atomic E-state index is 0.0370. The summed E-state index contributed by atoms with van der Waals surface area (Å²) in [5.41, 5.74) is 6.95. The van der Waals surface area contributed by atoms with Crippen molar-refractivity contribution < 1.29 is 68.1 Å². The summed E-state index contributed by atoms with van der Waals surface area (Å²) in [5, 5.41) is 8.24. The molecule has 3 amide bonds. The highest BCUT2D eigenvalue weighted by molar-refractivity contribution is 6.06. The highest BCUT2D eigenvalue weighted by atomic mass is 19.4. The van der Waals surface area contributed by atoms with Crippen molar-refractivity contribution in [1.29, 1.82) is 0 Å². The van der Waals surface area contributed by atoms with Crippen LogP contribution in [0.2, 0.25) is 0 Å². The van der Waals surface area contributed by atoms with Crippen molar-refractivity contribution in [2.24, 2.45) is 0 Å². The molecule has 3 aliphatic heterocycles. The molecule has 476 valence electrons. The van der Waals surface area contributed by atoms with Crippen LogP contribution in [-0.4, -0.2) is 62.3 Å². The first-order chi connectivity index (χ1) is 44.1. The molecule has 0 bridgehead atoms. The second-order valence-electron chi connectivity index (χ2n) is 25.1. The van der Waals surface area contributed by atoms with E-state index in [1.165, 1.54) is 30.5 Å². The van der Waals surface area contributed by atoms with Gasteiger partial charge in [-0.1, -0.05) is 112 Å². The number of aryl methyl sites for hydroxylation is 1. The Bertz CT molecular complexity index is 4410. The summed E-state index contributed by atoms with van der Waals surface area (Å²) in [6.07, 6.45) is -12.1. The van der Waals surface area contributed by atoms with E-state index in [4.69, 9.17) is 14.2 Å². The van der Waals surface area contributed by atoms with Crippen LogP contribution in [0.25, 0.3) is 33.4 Å². The third-order valence-electron chi connectivity index (χ3n) is 17.7. The summed E-state index contributed by atoms with van der Waals surface area (Å²) >= 11 is 0. The van der Waals surface area contributed by atoms with Crippen LogP contribution >= 0.6 is 0 Å². The van der Waals surface area contributed by atoms with Crippen molar-refractivity contribution in [1.82, 2.24) is 4.98 Å². The Morgan fingerprint density at radius 1 is 0.409 bits per heavy atom. The van der Waals surface area contributed by atoms with Gasteiger partial charge in [-0.15, -0.1) is 0 Å². The molecule has 93 heavy (non-hydrogen) atoms. The van der Waals surface area contributed by atoms with E-state index in [0.717, 1.165) is 98.6 Å². The lowest BCUT2D eigenvalue weighted by Gasteiger charge is -2.39. The number of aromatic nitrogens is 1. The van der Waals surface area contributed by atoms with Gasteiger partial charge in [-0.2, -0.15) is 39.5 Å². The lowest BCUT2D eigenvalue weighted by molar-refractivity contribution is -0.138. The van der Waals surface area contributed by atoms with E-state index in [1.807, 2.05) is 54.6 Å². The van der Waals surface area contributed by atoms with Gasteiger partial charge >= 0.3 is 18.5 Å². The Morgan fingerprint density at radius 2 is 0.860 bits per heavy atom. The van der Waals surface area contributed by atoms with E-state index in [9.17, 15) is 53.9 Å². The van der Waals surface area contributed by atoms with Crippen molar-refractivity contribution >= 4 is 34.8 Å². The number of nitrogens with zero attached hydrogens (tertiary/aromatic N) is 1. The number of ether oxygens (including phenoxy) is 3. The van der Waals surface area contributed by atoms with Gasteiger partial charge in [0.15, 0.2) is 0 Å². The number of anilines is 3. The number of pyridine rings is 1. The van der Waals surface area contributed by atoms with E-state index in [1.54, 1.807) is 37.3 Å². The fourth-order valence-corrected chi connectivity index (χ4v) is 12.0. The zero-order valence-corrected chi connectivity index (χ0v) is 50.8. The molecule has 0 radical (unpaired) electrons. The smallest absolute Gasteiger partial charge is 0.379 e. The van der Waals surface area contributed by atoms with Crippen molar-refractivity contribution in [2.45, 2.75) is 75.3 Å². The number of carbonyl (C=O) groups excluding carboxylic acids is 3. The molecule has 0 aliphatic carbocycles. The summed E-state index contributed by atoms with van der Waals surface area (Å²) in [5.74, 6) is -2.20. The first-order valence-corrected chi connectivity index (χ1v) is 29.9. The molecule has 3 N–H and O–H groups in total. The number of rotatable bonds is 16. The van der Waals surface area contributed by atoms with E-state index >= 15 is 0 Å². The molecule has 3 saturated heterocycles. The number of alkyl halides is 9. The maximum atomic E-state index is 14.1. The fraction of sp³-hybridized carbons (Fsp3) is 0.243. The Labute approximate surface area is 530 Å². The highest BCUT2D eigenvalue weighted by Crippen LogP contribution is 2.43. The SMILES string of the molecule is Cc1ncc(NC(=O)c2cccc(C(F)(F)F)c2)cc1-c1cc(C2(C)COC2)ccc1Cc1ccc(NC(=O)c2cccc(C(F)(F)F)c2)cc1-c1cc(Cc2ccc(C(=O)Nc3cccc(C(F)(F)F)c3)cc2-c2cccc(C3(C)COC3)c2)cc(C2(C)COC2)c1. The molecule has 9 aromatic rings. The van der Waals surface area contributed by atoms with Gasteiger partial charge in [-0.3, -0.25) is 19.4 Å². The van der Waals surface area contributed by atoms with Gasteiger partial charge in [0.2, 0.25) is 0 Å². The predicted molar refractivity (Wildman–Crippen MR) is 336 cm³/mol. The quantitative estimate of drug-likeness (QED) is 0.0822. The zero-order valence-electron chi connectivity index (χ0n) is 50.8. The molecule has 0 unspecified atom stereocenters. The molecule has 0 atom stereocenters. The number of halogens is 9. The molecule has 0 saturated carbocycles. The average molecular weight is 1270 g/mol. The minimum Gasteiger partial charge on any atom is -0.379 e. The monoisotopic (exact) mass is 1270 g/mol. The van der Waals surface area contributed by atoms with E-state index < -0.39 is 58.4 Å². The van der Waals surface area contributed by atoms with Gasteiger partial charge in [-0.25, -0.2) is 0 Å². The lowest BCUT2D eigenvalue weighted by atomic mass is 9.77. The maximum Gasteiger partial charge on any atom is 0.416 e. The first kappa shape index (κ1) is 63.7. The number of hydrogen-bond donors (Lipinski definition) is 3. The van der Waals surface area contributed by atoms with E-state index in [2.05, 4.69) is 59.9 Å². The molecule has 4 heterocycles. The Morgan fingerprint density at radius 3 is 1.44 bits per heavy atom. The molecule has 3 aliphatic rings. The Balaban J connectivity index is 0.975. The molecule has 19 heteroatoms. The number of carbonyl (C=O) groups is 3. The second kappa shape index (κ2) is 24.6. The number of nitrogens with one attached hydrogen (secondary N) is 3. The molecular formula is C74H61F9N4O6. The van der Waals surface area contributed by atoms with Gasteiger partial charge < -0.3 is 30.2 Å². The molecule has 8 aromatic carbocycles. The molecule has 3 fully saturated rings. The summed E-state index contributed by atoms with van der Waals surface area (Å²) < 4.78 is 142. The van der Waals surface area contributed by atoms with E-state index in [-0.39, 0.29) is 57.4 Å². The molecule has 0 spiro atoms. The van der Waals surface area contributed by atoms with Crippen LogP contribution in [0.3, 0.4) is 0 Å². The topological polar surface area (TPSA) is 128 Å².